The van der Waals surface area contributed by atoms with Gasteiger partial charge in [-0.1, -0.05) is 30.0 Å². The molecule has 1 amide bonds. The van der Waals surface area contributed by atoms with Crippen molar-refractivity contribution in [2.24, 2.45) is 0 Å². The number of nitrogens with zero attached hydrogens (tertiary/aromatic N) is 2. The van der Waals surface area contributed by atoms with Crippen LogP contribution in [0.4, 0.5) is 17.1 Å². The summed E-state index contributed by atoms with van der Waals surface area (Å²) in [6, 6.07) is 8.34. The smallest absolute Gasteiger partial charge is 0.872 e. The minimum Gasteiger partial charge on any atom is -0.872 e. The quantitative estimate of drug-likeness (QED) is 0.375. The number of anilines is 1. The van der Waals surface area contributed by atoms with Gasteiger partial charge in [0.2, 0.25) is 0 Å². The Morgan fingerprint density at radius 3 is 2.25 bits per heavy atom. The molecule has 24 heavy (non-hydrogen) atoms. The van der Waals surface area contributed by atoms with Gasteiger partial charge < -0.3 is 5.11 Å². The molecule has 2 aromatic carbocycles. The van der Waals surface area contributed by atoms with Crippen molar-refractivity contribution in [1.29, 1.82) is 0 Å². The maximum absolute atomic E-state index is 11.8. The van der Waals surface area contributed by atoms with Gasteiger partial charge in [0.05, 0.1) is 15.9 Å². The van der Waals surface area contributed by atoms with Gasteiger partial charge >= 0.3 is 35.2 Å². The van der Waals surface area contributed by atoms with E-state index in [0.717, 1.165) is 18.2 Å². The molecule has 0 radical (unpaired) electrons. The molecule has 0 bridgehead atoms. The summed E-state index contributed by atoms with van der Waals surface area (Å²) in [5.74, 6) is -1.30. The van der Waals surface area contributed by atoms with Crippen molar-refractivity contribution >= 4 is 23.0 Å². The first-order chi connectivity index (χ1) is 10.9. The maximum atomic E-state index is 11.8. The summed E-state index contributed by atoms with van der Waals surface area (Å²) in [4.78, 5) is 31.8. The molecule has 2 N–H and O–H groups in total. The van der Waals surface area contributed by atoms with Crippen molar-refractivity contribution in [1.82, 2.24) is 5.43 Å². The molecule has 118 valence electrons. The van der Waals surface area contributed by atoms with Crippen LogP contribution in [-0.4, -0.2) is 15.8 Å². The number of para-hydroxylation sites is 1. The van der Waals surface area contributed by atoms with E-state index in [2.05, 4.69) is 10.9 Å². The minimum atomic E-state index is -0.830. The van der Waals surface area contributed by atoms with E-state index in [4.69, 9.17) is 0 Å². The third-order valence-corrected chi connectivity index (χ3v) is 2.83. The molecule has 0 saturated heterocycles. The predicted molar refractivity (Wildman–Crippen MR) is 76.7 cm³/mol. The van der Waals surface area contributed by atoms with Gasteiger partial charge in [0.1, 0.15) is 5.69 Å². The second-order valence-electron chi connectivity index (χ2n) is 4.29. The molecule has 0 atom stereocenters. The molecule has 0 aliphatic heterocycles. The van der Waals surface area contributed by atoms with Crippen molar-refractivity contribution in [3.8, 4) is 5.75 Å². The van der Waals surface area contributed by atoms with Gasteiger partial charge in [0, 0.05) is 11.6 Å². The fourth-order valence-electron chi connectivity index (χ4n) is 1.74. The molecule has 2 rings (SSSR count). The van der Waals surface area contributed by atoms with Gasteiger partial charge in [0.15, 0.2) is 0 Å². The van der Waals surface area contributed by atoms with Crippen LogP contribution in [0.1, 0.15) is 10.4 Å². The van der Waals surface area contributed by atoms with Gasteiger partial charge in [0.25, 0.3) is 11.6 Å². The van der Waals surface area contributed by atoms with Gasteiger partial charge in [-0.2, -0.15) is 0 Å². The Bertz CT molecular complexity index is 798. The van der Waals surface area contributed by atoms with Crippen LogP contribution in [0.25, 0.3) is 0 Å². The molecule has 0 aliphatic carbocycles. The van der Waals surface area contributed by atoms with Crippen molar-refractivity contribution in [2.45, 2.75) is 0 Å². The summed E-state index contributed by atoms with van der Waals surface area (Å²) >= 11 is 0. The average molecular weight is 340 g/mol. The average Bonchev–Trinajstić information content (AvgIpc) is 2.52. The van der Waals surface area contributed by atoms with Crippen molar-refractivity contribution < 1.29 is 49.3 Å². The third-order valence-electron chi connectivity index (χ3n) is 2.83. The first-order valence-electron chi connectivity index (χ1n) is 6.15. The number of nitrogens with one attached hydrogen (secondary N) is 2. The Balaban J connectivity index is 0.00000288. The fraction of sp³-hybridized carbons (Fsp3) is 0. The van der Waals surface area contributed by atoms with Crippen LogP contribution in [0.2, 0.25) is 0 Å². The zero-order chi connectivity index (χ0) is 17.0. The van der Waals surface area contributed by atoms with Crippen molar-refractivity contribution in [3.05, 3.63) is 68.3 Å². The predicted octanol–water partition coefficient (Wildman–Crippen LogP) is -1.66. The summed E-state index contributed by atoms with van der Waals surface area (Å²) in [7, 11) is 0. The molecule has 0 aliphatic rings. The van der Waals surface area contributed by atoms with Gasteiger partial charge in [-0.05, 0) is 6.07 Å². The second-order valence-corrected chi connectivity index (χ2v) is 4.29. The maximum Gasteiger partial charge on any atom is 1.00 e. The Kier molecular flexibility index (Phi) is 6.65. The second kappa shape index (κ2) is 8.24. The zero-order valence-corrected chi connectivity index (χ0v) is 14.4. The number of nitro groups is 2. The van der Waals surface area contributed by atoms with E-state index in [9.17, 15) is 30.1 Å². The topological polar surface area (TPSA) is 150 Å². The Morgan fingerprint density at radius 2 is 1.67 bits per heavy atom. The van der Waals surface area contributed by atoms with Crippen molar-refractivity contribution in [3.63, 3.8) is 0 Å². The largest absolute Gasteiger partial charge is 1.00 e. The van der Waals surface area contributed by atoms with Crippen LogP contribution in [0.5, 0.6) is 5.75 Å². The van der Waals surface area contributed by atoms with E-state index in [1.165, 1.54) is 24.3 Å². The number of hydrazine groups is 1. The monoisotopic (exact) mass is 340 g/mol. The number of carbonyl (C=O) groups is 1. The Labute approximate surface area is 157 Å². The van der Waals surface area contributed by atoms with E-state index in [-0.39, 0.29) is 40.8 Å². The molecule has 0 spiro atoms. The molecule has 2 aromatic rings. The summed E-state index contributed by atoms with van der Waals surface area (Å²) in [6.07, 6.45) is 0. The van der Waals surface area contributed by atoms with E-state index in [0.29, 0.717) is 0 Å². The zero-order valence-electron chi connectivity index (χ0n) is 12.4. The Morgan fingerprint density at radius 1 is 1.00 bits per heavy atom. The number of non-ortho nitro benzene ring substituents is 1. The molecule has 0 saturated carbocycles. The molecular weight excluding hydrogens is 331 g/mol. The van der Waals surface area contributed by atoms with E-state index < -0.39 is 32.9 Å². The van der Waals surface area contributed by atoms with Crippen LogP contribution >= 0.6 is 0 Å². The number of benzene rings is 2. The van der Waals surface area contributed by atoms with Crippen LogP contribution < -0.4 is 45.5 Å². The third kappa shape index (κ3) is 4.41. The molecule has 0 unspecified atom stereocenters. The molecule has 0 fully saturated rings. The van der Waals surface area contributed by atoms with Crippen LogP contribution in [0.15, 0.2) is 42.5 Å². The van der Waals surface area contributed by atoms with Gasteiger partial charge in [-0.15, -0.1) is 0 Å². The number of hydrogen-bond donors (Lipinski definition) is 2. The SMILES string of the molecule is O=C(NNc1ccc([N+](=O)[O-])cc1[N+](=O)[O-])c1ccccc1[O-].[Na+]. The fourth-order valence-corrected chi connectivity index (χ4v) is 1.74. The number of carbonyl (C=O) groups excluding carboxylic acids is 1. The molecule has 10 nitrogen and oxygen atoms in total. The van der Waals surface area contributed by atoms with E-state index in [1.807, 2.05) is 0 Å². The number of nitro benzene ring substituents is 2. The van der Waals surface area contributed by atoms with Gasteiger partial charge in [-0.3, -0.25) is 35.9 Å². The van der Waals surface area contributed by atoms with Gasteiger partial charge in [-0.25, -0.2) is 0 Å². The van der Waals surface area contributed by atoms with Crippen LogP contribution in [-0.2, 0) is 0 Å². The molecular formula is C13H9N4NaO6. The summed E-state index contributed by atoms with van der Waals surface area (Å²) < 4.78 is 0. The van der Waals surface area contributed by atoms with E-state index >= 15 is 0 Å². The molecule has 0 heterocycles. The van der Waals surface area contributed by atoms with Crippen LogP contribution in [0.3, 0.4) is 0 Å². The van der Waals surface area contributed by atoms with Crippen LogP contribution in [0, 0.1) is 20.2 Å². The minimum absolute atomic E-state index is 0. The van der Waals surface area contributed by atoms with E-state index in [1.54, 1.807) is 0 Å². The summed E-state index contributed by atoms with van der Waals surface area (Å²) in [5, 5.41) is 33.1. The van der Waals surface area contributed by atoms with Crippen molar-refractivity contribution in [2.75, 3.05) is 5.43 Å². The number of rotatable bonds is 5. The number of hydrogen-bond acceptors (Lipinski definition) is 7. The Hall–Kier alpha value is -2.69. The molecule has 0 aromatic heterocycles. The first kappa shape index (κ1) is 19.4. The summed E-state index contributed by atoms with van der Waals surface area (Å²) in [6.45, 7) is 0. The summed E-state index contributed by atoms with van der Waals surface area (Å²) in [5.41, 5.74) is 3.07. The normalized spacial score (nSPS) is 9.50. The number of amides is 1. The standard InChI is InChI=1S/C13H10N4O6.Na/c18-12-4-2-1-3-9(12)13(19)15-14-10-6-5-8(16(20)21)7-11(10)17(22)23;/h1-7,14,18H,(H,15,19);/q;+1/p-1. The molecule has 11 heteroatoms. The first-order valence-corrected chi connectivity index (χ1v) is 6.15.